The van der Waals surface area contributed by atoms with Gasteiger partial charge >= 0.3 is 6.03 Å². The molecule has 2 aliphatic heterocycles. The average Bonchev–Trinajstić information content (AvgIpc) is 2.85. The van der Waals surface area contributed by atoms with Gasteiger partial charge in [-0.2, -0.15) is 0 Å². The fourth-order valence-electron chi connectivity index (χ4n) is 2.74. The molecule has 0 saturated carbocycles. The molecule has 0 spiro atoms. The second kappa shape index (κ2) is 6.05. The van der Waals surface area contributed by atoms with E-state index in [4.69, 9.17) is 4.74 Å². The molecule has 6 heteroatoms. The van der Waals surface area contributed by atoms with Crippen LogP contribution in [0.1, 0.15) is 18.9 Å². The van der Waals surface area contributed by atoms with Gasteiger partial charge in [-0.1, -0.05) is 0 Å². The summed E-state index contributed by atoms with van der Waals surface area (Å²) in [5.41, 5.74) is 1.93. The van der Waals surface area contributed by atoms with Gasteiger partial charge < -0.3 is 15.0 Å². The van der Waals surface area contributed by atoms with Crippen molar-refractivity contribution in [3.63, 3.8) is 0 Å². The number of rotatable bonds is 1. The normalized spacial score (nSPS) is 24.9. The molecular formula is C15H20N2O3S. The van der Waals surface area contributed by atoms with Gasteiger partial charge in [0.1, 0.15) is 5.75 Å². The monoisotopic (exact) mass is 308 g/mol. The van der Waals surface area contributed by atoms with Crippen LogP contribution in [0.2, 0.25) is 0 Å². The quantitative estimate of drug-likeness (QED) is 0.863. The summed E-state index contributed by atoms with van der Waals surface area (Å²) < 4.78 is 17.1. The molecule has 2 heterocycles. The summed E-state index contributed by atoms with van der Waals surface area (Å²) in [6.45, 7) is 3.27. The summed E-state index contributed by atoms with van der Waals surface area (Å²) in [7, 11) is -0.800. The van der Waals surface area contributed by atoms with E-state index in [1.807, 2.05) is 25.1 Å². The van der Waals surface area contributed by atoms with E-state index in [9.17, 15) is 9.00 Å². The number of hydrogen-bond acceptors (Lipinski definition) is 3. The zero-order valence-electron chi connectivity index (χ0n) is 12.1. The van der Waals surface area contributed by atoms with Crippen molar-refractivity contribution in [2.45, 2.75) is 25.8 Å². The number of anilines is 1. The molecule has 0 bridgehead atoms. The Balaban J connectivity index is 1.69. The lowest BCUT2D eigenvalue weighted by molar-refractivity contribution is 0.197. The molecule has 5 nitrogen and oxygen atoms in total. The topological polar surface area (TPSA) is 58.6 Å². The molecule has 1 saturated heterocycles. The van der Waals surface area contributed by atoms with E-state index in [1.165, 1.54) is 0 Å². The van der Waals surface area contributed by atoms with Crippen molar-refractivity contribution in [1.82, 2.24) is 4.90 Å². The van der Waals surface area contributed by atoms with Gasteiger partial charge in [0.2, 0.25) is 0 Å². The van der Waals surface area contributed by atoms with Crippen LogP contribution in [-0.2, 0) is 17.2 Å². The van der Waals surface area contributed by atoms with E-state index in [0.717, 1.165) is 29.8 Å². The predicted molar refractivity (Wildman–Crippen MR) is 83.3 cm³/mol. The van der Waals surface area contributed by atoms with E-state index in [-0.39, 0.29) is 12.1 Å². The Morgan fingerprint density at radius 1 is 1.43 bits per heavy atom. The van der Waals surface area contributed by atoms with Crippen LogP contribution in [0.3, 0.4) is 0 Å². The van der Waals surface area contributed by atoms with Gasteiger partial charge in [-0.25, -0.2) is 4.79 Å². The van der Waals surface area contributed by atoms with E-state index < -0.39 is 10.8 Å². The number of ether oxygens (including phenoxy) is 1. The Morgan fingerprint density at radius 2 is 2.29 bits per heavy atom. The van der Waals surface area contributed by atoms with Crippen LogP contribution in [0.5, 0.6) is 5.75 Å². The SMILES string of the molecule is C[C@H]1CC[S@@](=O)CCN1C(=O)Nc1ccc2c(c1)CCO2. The first-order valence-electron chi connectivity index (χ1n) is 7.32. The predicted octanol–water partition coefficient (Wildman–Crippen LogP) is 2.00. The van der Waals surface area contributed by atoms with Crippen LogP contribution in [0.15, 0.2) is 18.2 Å². The zero-order chi connectivity index (χ0) is 14.8. The van der Waals surface area contributed by atoms with Crippen molar-refractivity contribution in [3.05, 3.63) is 23.8 Å². The highest BCUT2D eigenvalue weighted by Crippen LogP contribution is 2.28. The second-order valence-electron chi connectivity index (χ2n) is 5.53. The second-order valence-corrected chi connectivity index (χ2v) is 7.23. The summed E-state index contributed by atoms with van der Waals surface area (Å²) in [6.07, 6.45) is 1.68. The van der Waals surface area contributed by atoms with Gasteiger partial charge in [-0.15, -0.1) is 0 Å². The van der Waals surface area contributed by atoms with Gasteiger partial charge in [0, 0.05) is 47.0 Å². The molecule has 2 aliphatic rings. The number of fused-ring (bicyclic) bond motifs is 1. The minimum absolute atomic E-state index is 0.111. The molecule has 0 radical (unpaired) electrons. The van der Waals surface area contributed by atoms with E-state index in [2.05, 4.69) is 5.32 Å². The van der Waals surface area contributed by atoms with Crippen molar-refractivity contribution in [2.24, 2.45) is 0 Å². The minimum Gasteiger partial charge on any atom is -0.493 e. The van der Waals surface area contributed by atoms with E-state index in [1.54, 1.807) is 4.90 Å². The number of carbonyl (C=O) groups excluding carboxylic acids is 1. The maximum atomic E-state index is 12.4. The van der Waals surface area contributed by atoms with Gasteiger partial charge in [-0.3, -0.25) is 4.21 Å². The number of hydrogen-bond donors (Lipinski definition) is 1. The minimum atomic E-state index is -0.800. The van der Waals surface area contributed by atoms with Gasteiger partial charge in [0.15, 0.2) is 0 Å². The number of amides is 2. The highest BCUT2D eigenvalue weighted by Gasteiger charge is 2.24. The molecule has 0 aromatic heterocycles. The number of benzene rings is 1. The van der Waals surface area contributed by atoms with Crippen LogP contribution in [0, 0.1) is 0 Å². The third-order valence-corrected chi connectivity index (χ3v) is 5.39. The third kappa shape index (κ3) is 3.20. The van der Waals surface area contributed by atoms with Crippen molar-refractivity contribution < 1.29 is 13.7 Å². The summed E-state index contributed by atoms with van der Waals surface area (Å²) in [6, 6.07) is 5.75. The number of carbonyl (C=O) groups is 1. The largest absolute Gasteiger partial charge is 0.493 e. The van der Waals surface area contributed by atoms with Crippen LogP contribution >= 0.6 is 0 Å². The van der Waals surface area contributed by atoms with E-state index in [0.29, 0.717) is 24.7 Å². The Hall–Kier alpha value is -1.56. The first-order chi connectivity index (χ1) is 10.1. The molecule has 1 aromatic rings. The van der Waals surface area contributed by atoms with Crippen molar-refractivity contribution >= 4 is 22.5 Å². The molecule has 2 atom stereocenters. The average molecular weight is 308 g/mol. The van der Waals surface area contributed by atoms with Crippen molar-refractivity contribution in [1.29, 1.82) is 0 Å². The fraction of sp³-hybridized carbons (Fsp3) is 0.533. The molecule has 3 rings (SSSR count). The molecule has 0 unspecified atom stereocenters. The van der Waals surface area contributed by atoms with Gasteiger partial charge in [0.25, 0.3) is 0 Å². The first kappa shape index (κ1) is 14.4. The van der Waals surface area contributed by atoms with Crippen molar-refractivity contribution in [2.75, 3.05) is 30.0 Å². The molecule has 21 heavy (non-hydrogen) atoms. The summed E-state index contributed by atoms with van der Waals surface area (Å²) in [5, 5.41) is 2.95. The van der Waals surface area contributed by atoms with Crippen molar-refractivity contribution in [3.8, 4) is 5.75 Å². The Bertz CT molecular complexity index is 576. The number of nitrogens with one attached hydrogen (secondary N) is 1. The smallest absolute Gasteiger partial charge is 0.322 e. The number of urea groups is 1. The standard InChI is InChI=1S/C15H20N2O3S/c1-11-5-8-21(19)9-6-17(11)15(18)16-13-2-3-14-12(10-13)4-7-20-14/h2-3,10-11H,4-9H2,1H3,(H,16,18)/t11-,21+/m0/s1. The molecule has 1 fully saturated rings. The molecule has 1 N–H and O–H groups in total. The molecular weight excluding hydrogens is 288 g/mol. The molecule has 2 amide bonds. The van der Waals surface area contributed by atoms with Crippen LogP contribution in [0.4, 0.5) is 10.5 Å². The molecule has 114 valence electrons. The lowest BCUT2D eigenvalue weighted by Gasteiger charge is -2.27. The highest BCUT2D eigenvalue weighted by atomic mass is 32.2. The molecule has 1 aromatic carbocycles. The lowest BCUT2D eigenvalue weighted by atomic mass is 10.1. The lowest BCUT2D eigenvalue weighted by Crippen LogP contribution is -2.42. The Labute approximate surface area is 127 Å². The third-order valence-electron chi connectivity index (χ3n) is 4.06. The maximum absolute atomic E-state index is 12.4. The molecule has 0 aliphatic carbocycles. The Morgan fingerprint density at radius 3 is 3.14 bits per heavy atom. The first-order valence-corrected chi connectivity index (χ1v) is 8.80. The highest BCUT2D eigenvalue weighted by molar-refractivity contribution is 7.85. The van der Waals surface area contributed by atoms with Crippen LogP contribution < -0.4 is 10.1 Å². The zero-order valence-corrected chi connectivity index (χ0v) is 12.9. The summed E-state index contributed by atoms with van der Waals surface area (Å²) in [4.78, 5) is 14.2. The van der Waals surface area contributed by atoms with Crippen LogP contribution in [-0.4, -0.2) is 45.8 Å². The maximum Gasteiger partial charge on any atom is 0.322 e. The van der Waals surface area contributed by atoms with Gasteiger partial charge in [-0.05, 0) is 37.1 Å². The fourth-order valence-corrected chi connectivity index (χ4v) is 3.95. The van der Waals surface area contributed by atoms with Gasteiger partial charge in [0.05, 0.1) is 6.61 Å². The van der Waals surface area contributed by atoms with Crippen LogP contribution in [0.25, 0.3) is 0 Å². The summed E-state index contributed by atoms with van der Waals surface area (Å²) in [5.74, 6) is 2.16. The van der Waals surface area contributed by atoms with E-state index >= 15 is 0 Å². The Kier molecular flexibility index (Phi) is 4.14. The summed E-state index contributed by atoms with van der Waals surface area (Å²) >= 11 is 0. The number of nitrogens with zero attached hydrogens (tertiary/aromatic N) is 1.